The number of ether oxygens (including phenoxy) is 2. The molecule has 2 saturated heterocycles. The van der Waals surface area contributed by atoms with Crippen molar-refractivity contribution >= 4 is 5.78 Å². The lowest BCUT2D eigenvalue weighted by Gasteiger charge is -2.27. The lowest BCUT2D eigenvalue weighted by Crippen LogP contribution is -2.30. The largest absolute Gasteiger partial charge is 0.478 e. The molecule has 0 radical (unpaired) electrons. The van der Waals surface area contributed by atoms with Gasteiger partial charge in [-0.1, -0.05) is 0 Å². The zero-order valence-corrected chi connectivity index (χ0v) is 11.2. The number of rotatable bonds is 4. The molecule has 1 aromatic heterocycles. The van der Waals surface area contributed by atoms with Gasteiger partial charge in [0.15, 0.2) is 5.78 Å². The van der Waals surface area contributed by atoms with E-state index in [1.165, 1.54) is 0 Å². The predicted molar refractivity (Wildman–Crippen MR) is 70.4 cm³/mol. The molecule has 2 fully saturated rings. The smallest absolute Gasteiger partial charge is 0.213 e. The maximum Gasteiger partial charge on any atom is 0.213 e. The molecule has 4 heteroatoms. The summed E-state index contributed by atoms with van der Waals surface area (Å²) in [6.45, 7) is 2.50. The van der Waals surface area contributed by atoms with Crippen molar-refractivity contribution in [1.82, 2.24) is 4.98 Å². The van der Waals surface area contributed by atoms with Crippen molar-refractivity contribution in [3.8, 4) is 5.88 Å². The van der Waals surface area contributed by atoms with E-state index in [0.29, 0.717) is 30.3 Å². The van der Waals surface area contributed by atoms with Gasteiger partial charge in [-0.25, -0.2) is 4.98 Å². The topological polar surface area (TPSA) is 48.4 Å². The molecule has 0 saturated carbocycles. The van der Waals surface area contributed by atoms with E-state index in [0.717, 1.165) is 25.7 Å². The van der Waals surface area contributed by atoms with Crippen LogP contribution in [-0.4, -0.2) is 29.6 Å². The number of Topliss-reactive ketones (excluding diaryl/α,β-unsaturated/α-hetero) is 1. The van der Waals surface area contributed by atoms with Crippen LogP contribution in [0.1, 0.15) is 43.0 Å². The maximum atomic E-state index is 12.5. The molecule has 0 N–H and O–H groups in total. The average molecular weight is 261 g/mol. The first-order valence-electron chi connectivity index (χ1n) is 7.04. The quantitative estimate of drug-likeness (QED) is 0.782. The second kappa shape index (κ2) is 5.29. The molecule has 4 nitrogen and oxygen atoms in total. The molecule has 2 bridgehead atoms. The summed E-state index contributed by atoms with van der Waals surface area (Å²) in [6, 6.07) is 3.59. The average Bonchev–Trinajstić information content (AvgIpc) is 2.78. The molecule has 3 heterocycles. The fourth-order valence-electron chi connectivity index (χ4n) is 3.07. The minimum atomic E-state index is 0.103. The van der Waals surface area contributed by atoms with Gasteiger partial charge in [-0.3, -0.25) is 4.79 Å². The van der Waals surface area contributed by atoms with Gasteiger partial charge in [-0.05, 0) is 38.7 Å². The molecule has 2 unspecified atom stereocenters. The molecule has 0 aromatic carbocycles. The van der Waals surface area contributed by atoms with Gasteiger partial charge in [0.1, 0.15) is 0 Å². The van der Waals surface area contributed by atoms with E-state index < -0.39 is 0 Å². The number of hydrogen-bond acceptors (Lipinski definition) is 4. The molecule has 2 aliphatic rings. The molecule has 0 amide bonds. The van der Waals surface area contributed by atoms with Crippen LogP contribution in [0.5, 0.6) is 5.88 Å². The van der Waals surface area contributed by atoms with Crippen molar-refractivity contribution < 1.29 is 14.3 Å². The molecular weight excluding hydrogens is 242 g/mol. The highest BCUT2D eigenvalue weighted by Crippen LogP contribution is 2.37. The summed E-state index contributed by atoms with van der Waals surface area (Å²) in [5.74, 6) is 0.882. The molecule has 19 heavy (non-hydrogen) atoms. The van der Waals surface area contributed by atoms with E-state index in [-0.39, 0.29) is 11.7 Å². The molecule has 0 aliphatic carbocycles. The number of carbonyl (C=O) groups is 1. The van der Waals surface area contributed by atoms with Crippen molar-refractivity contribution in [1.29, 1.82) is 0 Å². The Hall–Kier alpha value is -1.42. The van der Waals surface area contributed by atoms with Gasteiger partial charge in [0.25, 0.3) is 0 Å². The summed E-state index contributed by atoms with van der Waals surface area (Å²) in [5, 5.41) is 0. The van der Waals surface area contributed by atoms with E-state index in [1.54, 1.807) is 12.3 Å². The summed E-state index contributed by atoms with van der Waals surface area (Å²) in [5.41, 5.74) is 0.690. The molecule has 102 valence electrons. The van der Waals surface area contributed by atoms with Gasteiger partial charge in [0, 0.05) is 23.7 Å². The maximum absolute atomic E-state index is 12.5. The third kappa shape index (κ3) is 2.63. The third-order valence-electron chi connectivity index (χ3n) is 3.97. The zero-order valence-electron chi connectivity index (χ0n) is 11.2. The van der Waals surface area contributed by atoms with Crippen molar-refractivity contribution in [2.24, 2.45) is 5.92 Å². The van der Waals surface area contributed by atoms with Crippen molar-refractivity contribution in [3.05, 3.63) is 23.9 Å². The van der Waals surface area contributed by atoms with Gasteiger partial charge < -0.3 is 9.47 Å². The molecule has 0 spiro atoms. The molecule has 2 atom stereocenters. The summed E-state index contributed by atoms with van der Waals surface area (Å²) in [6.07, 6.45) is 6.16. The molecular formula is C15H19NO3. The van der Waals surface area contributed by atoms with Gasteiger partial charge in [0.05, 0.1) is 18.8 Å². The summed E-state index contributed by atoms with van der Waals surface area (Å²) in [7, 11) is 0. The second-order valence-corrected chi connectivity index (χ2v) is 5.31. The highest BCUT2D eigenvalue weighted by atomic mass is 16.5. The van der Waals surface area contributed by atoms with Crippen LogP contribution in [0.2, 0.25) is 0 Å². The highest BCUT2D eigenvalue weighted by molar-refractivity contribution is 5.97. The van der Waals surface area contributed by atoms with Gasteiger partial charge >= 0.3 is 0 Å². The number of ketones is 1. The molecule has 1 aromatic rings. The van der Waals surface area contributed by atoms with Gasteiger partial charge in [-0.15, -0.1) is 0 Å². The Labute approximate surface area is 113 Å². The highest BCUT2D eigenvalue weighted by Gasteiger charge is 2.38. The lowest BCUT2D eigenvalue weighted by molar-refractivity contribution is -0.0149. The lowest BCUT2D eigenvalue weighted by atomic mass is 9.88. The first kappa shape index (κ1) is 12.6. The van der Waals surface area contributed by atoms with E-state index in [9.17, 15) is 4.79 Å². The van der Waals surface area contributed by atoms with Crippen LogP contribution < -0.4 is 4.74 Å². The van der Waals surface area contributed by atoms with Crippen LogP contribution in [0.25, 0.3) is 0 Å². The fourth-order valence-corrected chi connectivity index (χ4v) is 3.07. The van der Waals surface area contributed by atoms with Crippen LogP contribution in [0, 0.1) is 5.92 Å². The van der Waals surface area contributed by atoms with E-state index in [2.05, 4.69) is 4.98 Å². The first-order valence-corrected chi connectivity index (χ1v) is 7.04. The second-order valence-electron chi connectivity index (χ2n) is 5.31. The van der Waals surface area contributed by atoms with Crippen LogP contribution >= 0.6 is 0 Å². The Morgan fingerprint density at radius 1 is 1.37 bits per heavy atom. The van der Waals surface area contributed by atoms with Crippen molar-refractivity contribution in [3.63, 3.8) is 0 Å². The van der Waals surface area contributed by atoms with Gasteiger partial charge in [0.2, 0.25) is 5.88 Å². The third-order valence-corrected chi connectivity index (χ3v) is 3.97. The Kier molecular flexibility index (Phi) is 3.51. The van der Waals surface area contributed by atoms with Crippen LogP contribution in [0.15, 0.2) is 18.3 Å². The number of aromatic nitrogens is 1. The monoisotopic (exact) mass is 261 g/mol. The molecule has 3 rings (SSSR count). The van der Waals surface area contributed by atoms with Crippen molar-refractivity contribution in [2.75, 3.05) is 6.61 Å². The van der Waals surface area contributed by atoms with E-state index in [4.69, 9.17) is 9.47 Å². The van der Waals surface area contributed by atoms with Crippen LogP contribution in [0.3, 0.4) is 0 Å². The first-order chi connectivity index (χ1) is 9.26. The Morgan fingerprint density at radius 3 is 2.68 bits per heavy atom. The van der Waals surface area contributed by atoms with E-state index in [1.807, 2.05) is 13.0 Å². The number of nitrogens with zero attached hydrogens (tertiary/aromatic N) is 1. The summed E-state index contributed by atoms with van der Waals surface area (Å²) >= 11 is 0. The molecule has 2 aliphatic heterocycles. The minimum Gasteiger partial charge on any atom is -0.478 e. The normalized spacial score (nSPS) is 29.2. The fraction of sp³-hybridized carbons (Fsp3) is 0.600. The zero-order chi connectivity index (χ0) is 13.2. The summed E-state index contributed by atoms with van der Waals surface area (Å²) < 4.78 is 11.1. The summed E-state index contributed by atoms with van der Waals surface area (Å²) in [4.78, 5) is 16.6. The number of fused-ring (bicyclic) bond motifs is 2. The predicted octanol–water partition coefficient (Wildman–Crippen LogP) is 2.62. The Morgan fingerprint density at radius 2 is 2.11 bits per heavy atom. The van der Waals surface area contributed by atoms with E-state index >= 15 is 0 Å². The minimum absolute atomic E-state index is 0.103. The van der Waals surface area contributed by atoms with Crippen LogP contribution in [0.4, 0.5) is 0 Å². The number of carbonyl (C=O) groups excluding carboxylic acids is 1. The van der Waals surface area contributed by atoms with Gasteiger partial charge in [-0.2, -0.15) is 0 Å². The van der Waals surface area contributed by atoms with Crippen LogP contribution in [-0.2, 0) is 4.74 Å². The number of pyridine rings is 1. The Bertz CT molecular complexity index is 445. The van der Waals surface area contributed by atoms with Crippen molar-refractivity contribution in [2.45, 2.75) is 44.8 Å². The standard InChI is InChI=1S/C15H19NO3/c1-2-18-14-6-3-10(9-16-14)15(17)11-7-12-4-5-13(8-11)19-12/h3,6,9,11-13H,2,4-5,7-8H2,1H3. The SMILES string of the molecule is CCOc1ccc(C(=O)C2CC3CCC(C2)O3)cn1. The number of hydrogen-bond donors (Lipinski definition) is 0. The Balaban J connectivity index is 1.69.